The van der Waals surface area contributed by atoms with Crippen LogP contribution in [0.3, 0.4) is 0 Å². The van der Waals surface area contributed by atoms with E-state index in [9.17, 15) is 0 Å². The number of hydrogen-bond acceptors (Lipinski definition) is 1. The molecule has 0 saturated heterocycles. The molecule has 0 spiro atoms. The van der Waals surface area contributed by atoms with Crippen molar-refractivity contribution in [3.05, 3.63) is 42.0 Å². The molecule has 0 atom stereocenters. The first-order valence-electron chi connectivity index (χ1n) is 5.10. The highest BCUT2D eigenvalue weighted by molar-refractivity contribution is 7.99. The molecule has 0 heterocycles. The van der Waals surface area contributed by atoms with Crippen LogP contribution >= 0.6 is 11.8 Å². The molecule has 1 aromatic carbocycles. The Morgan fingerprint density at radius 3 is 2.80 bits per heavy atom. The lowest BCUT2D eigenvalue weighted by Gasteiger charge is -2.01. The lowest BCUT2D eigenvalue weighted by molar-refractivity contribution is 1.07. The smallest absolute Gasteiger partial charge is 0.0187 e. The van der Waals surface area contributed by atoms with Crippen LogP contribution in [-0.4, -0.2) is 5.75 Å². The van der Waals surface area contributed by atoms with Crippen LogP contribution in [0.2, 0.25) is 0 Å². The Bertz CT molecular complexity index is 343. The molecule has 1 heteroatoms. The molecule has 0 aliphatic heterocycles. The second kappa shape index (κ2) is 7.20. The van der Waals surface area contributed by atoms with E-state index in [1.807, 2.05) is 17.8 Å². The van der Waals surface area contributed by atoms with Gasteiger partial charge >= 0.3 is 0 Å². The van der Waals surface area contributed by atoms with Crippen LogP contribution in [-0.2, 0) is 0 Å². The van der Waals surface area contributed by atoms with Crippen molar-refractivity contribution in [3.8, 4) is 12.3 Å². The Kier molecular flexibility index (Phi) is 5.73. The quantitative estimate of drug-likeness (QED) is 0.308. The van der Waals surface area contributed by atoms with Crippen molar-refractivity contribution in [2.45, 2.75) is 24.7 Å². The maximum Gasteiger partial charge on any atom is 0.0187 e. The first-order chi connectivity index (χ1) is 7.33. The summed E-state index contributed by atoms with van der Waals surface area (Å²) >= 11 is 1.87. The van der Waals surface area contributed by atoms with E-state index in [-0.39, 0.29) is 0 Å². The fourth-order valence-corrected chi connectivity index (χ4v) is 2.04. The van der Waals surface area contributed by atoms with Crippen molar-refractivity contribution in [3.63, 3.8) is 0 Å². The minimum absolute atomic E-state index is 0.841. The highest BCUT2D eigenvalue weighted by atomic mass is 32.2. The predicted molar refractivity (Wildman–Crippen MR) is 69.0 cm³/mol. The summed E-state index contributed by atoms with van der Waals surface area (Å²) < 4.78 is 0. The molecule has 0 amide bonds. The van der Waals surface area contributed by atoms with Crippen LogP contribution in [0, 0.1) is 12.3 Å². The van der Waals surface area contributed by atoms with Gasteiger partial charge in [-0.15, -0.1) is 24.1 Å². The van der Waals surface area contributed by atoms with Crippen LogP contribution in [0.5, 0.6) is 0 Å². The number of terminal acetylenes is 1. The molecule has 0 aliphatic carbocycles. The highest BCUT2D eigenvalue weighted by Crippen LogP contribution is 2.19. The monoisotopic (exact) mass is 216 g/mol. The molecule has 0 saturated carbocycles. The van der Waals surface area contributed by atoms with Gasteiger partial charge in [0, 0.05) is 17.1 Å². The minimum atomic E-state index is 0.841. The molecule has 0 fully saturated rings. The minimum Gasteiger partial charge on any atom is -0.122 e. The predicted octanol–water partition coefficient (Wildman–Crippen LogP) is 4.14. The molecule has 1 aromatic rings. The summed E-state index contributed by atoms with van der Waals surface area (Å²) in [5, 5.41) is 0. The van der Waals surface area contributed by atoms with E-state index in [1.165, 1.54) is 10.5 Å². The lowest BCUT2D eigenvalue weighted by Crippen LogP contribution is -1.82. The Morgan fingerprint density at radius 2 is 2.13 bits per heavy atom. The third kappa shape index (κ3) is 5.34. The number of rotatable bonds is 5. The second-order valence-corrected chi connectivity index (χ2v) is 4.44. The third-order valence-corrected chi connectivity index (χ3v) is 3.20. The van der Waals surface area contributed by atoms with Gasteiger partial charge in [0.05, 0.1) is 0 Å². The van der Waals surface area contributed by atoms with Gasteiger partial charge in [0.25, 0.3) is 0 Å². The molecule has 0 aromatic heterocycles. The van der Waals surface area contributed by atoms with Crippen LogP contribution in [0.1, 0.15) is 19.8 Å². The Morgan fingerprint density at radius 1 is 1.40 bits per heavy atom. The molecule has 0 unspecified atom stereocenters. The summed E-state index contributed by atoms with van der Waals surface area (Å²) in [6.45, 7) is 2.16. The summed E-state index contributed by atoms with van der Waals surface area (Å²) in [4.78, 5) is 1.32. The van der Waals surface area contributed by atoms with Gasteiger partial charge in [-0.1, -0.05) is 29.8 Å². The molecule has 0 N–H and O–H groups in total. The van der Waals surface area contributed by atoms with Crippen molar-refractivity contribution < 1.29 is 0 Å². The van der Waals surface area contributed by atoms with Gasteiger partial charge in [0.1, 0.15) is 0 Å². The van der Waals surface area contributed by atoms with Crippen molar-refractivity contribution in [2.24, 2.45) is 0 Å². The average molecular weight is 216 g/mol. The standard InChI is InChI=1S/C14H16S/c1-3-4-6-9-13(2)12-15-14-10-7-5-8-11-14/h1,5,7-11H,4,6,12H2,2H3/b13-9-. The summed E-state index contributed by atoms with van der Waals surface area (Å²) in [6.07, 6.45) is 9.27. The van der Waals surface area contributed by atoms with Crippen molar-refractivity contribution in [2.75, 3.05) is 5.75 Å². The van der Waals surface area contributed by atoms with Crippen molar-refractivity contribution >= 4 is 11.8 Å². The SMILES string of the molecule is C#CCC/C=C(/C)CSc1ccccc1. The van der Waals surface area contributed by atoms with E-state index in [1.54, 1.807) is 0 Å². The zero-order valence-corrected chi connectivity index (χ0v) is 9.89. The average Bonchev–Trinajstić information content (AvgIpc) is 2.28. The summed E-state index contributed by atoms with van der Waals surface area (Å²) in [6, 6.07) is 10.5. The molecule has 1 rings (SSSR count). The molecule has 0 nitrogen and oxygen atoms in total. The number of hydrogen-bond donors (Lipinski definition) is 0. The molecule has 0 bridgehead atoms. The fourth-order valence-electron chi connectivity index (χ4n) is 1.17. The van der Waals surface area contributed by atoms with E-state index in [0.717, 1.165) is 18.6 Å². The van der Waals surface area contributed by atoms with E-state index >= 15 is 0 Å². The van der Waals surface area contributed by atoms with Crippen LogP contribution in [0.4, 0.5) is 0 Å². The summed E-state index contributed by atoms with van der Waals surface area (Å²) in [5.41, 5.74) is 1.40. The number of thioether (sulfide) groups is 1. The van der Waals surface area contributed by atoms with Gasteiger partial charge in [0.15, 0.2) is 0 Å². The maximum atomic E-state index is 5.20. The third-order valence-electron chi connectivity index (χ3n) is 1.99. The maximum absolute atomic E-state index is 5.20. The van der Waals surface area contributed by atoms with E-state index in [4.69, 9.17) is 6.42 Å². The molecule has 0 aliphatic rings. The largest absolute Gasteiger partial charge is 0.122 e. The molecule has 78 valence electrons. The topological polar surface area (TPSA) is 0 Å². The number of allylic oxidation sites excluding steroid dienone is 1. The Hall–Kier alpha value is -1.13. The first kappa shape index (κ1) is 11.9. The van der Waals surface area contributed by atoms with Crippen molar-refractivity contribution in [1.82, 2.24) is 0 Å². The normalized spacial score (nSPS) is 11.1. The fraction of sp³-hybridized carbons (Fsp3) is 0.286. The Labute approximate surface area is 96.8 Å². The summed E-state index contributed by atoms with van der Waals surface area (Å²) in [5.74, 6) is 3.70. The lowest BCUT2D eigenvalue weighted by atomic mass is 10.2. The van der Waals surface area contributed by atoms with Gasteiger partial charge in [-0.3, -0.25) is 0 Å². The van der Waals surface area contributed by atoms with Crippen LogP contribution < -0.4 is 0 Å². The van der Waals surface area contributed by atoms with Crippen LogP contribution in [0.25, 0.3) is 0 Å². The Balaban J connectivity index is 2.31. The van der Waals surface area contributed by atoms with E-state index in [2.05, 4.69) is 43.2 Å². The van der Waals surface area contributed by atoms with Crippen LogP contribution in [0.15, 0.2) is 46.9 Å². The highest BCUT2D eigenvalue weighted by Gasteiger charge is 1.93. The zero-order chi connectivity index (χ0) is 10.9. The second-order valence-electron chi connectivity index (χ2n) is 3.40. The van der Waals surface area contributed by atoms with Crippen molar-refractivity contribution in [1.29, 1.82) is 0 Å². The molecule has 0 radical (unpaired) electrons. The van der Waals surface area contributed by atoms with Gasteiger partial charge in [0.2, 0.25) is 0 Å². The first-order valence-corrected chi connectivity index (χ1v) is 6.08. The van der Waals surface area contributed by atoms with E-state index < -0.39 is 0 Å². The molecular formula is C14H16S. The van der Waals surface area contributed by atoms with Gasteiger partial charge in [-0.2, -0.15) is 0 Å². The van der Waals surface area contributed by atoms with Gasteiger partial charge in [-0.25, -0.2) is 0 Å². The molecule has 15 heavy (non-hydrogen) atoms. The van der Waals surface area contributed by atoms with E-state index in [0.29, 0.717) is 0 Å². The number of benzene rings is 1. The number of unbranched alkanes of at least 4 members (excludes halogenated alkanes) is 1. The molecular weight excluding hydrogens is 200 g/mol. The summed E-state index contributed by atoms with van der Waals surface area (Å²) in [7, 11) is 0. The van der Waals surface area contributed by atoms with Gasteiger partial charge < -0.3 is 0 Å². The van der Waals surface area contributed by atoms with Gasteiger partial charge in [-0.05, 0) is 25.5 Å². The zero-order valence-electron chi connectivity index (χ0n) is 9.07.